The summed E-state index contributed by atoms with van der Waals surface area (Å²) in [6.45, 7) is 1.96. The number of phenolic OH excluding ortho intramolecular Hbond substituents is 1. The van der Waals surface area contributed by atoms with Gasteiger partial charge in [0.05, 0.1) is 11.3 Å². The highest BCUT2D eigenvalue weighted by Gasteiger charge is 2.26. The number of nitrogens with zero attached hydrogens (tertiary/aromatic N) is 2. The Balaban J connectivity index is 1.83. The van der Waals surface area contributed by atoms with Crippen LogP contribution in [0.4, 0.5) is 21.9 Å². The molecule has 32 heavy (non-hydrogen) atoms. The smallest absolute Gasteiger partial charge is 0.328 e. The van der Waals surface area contributed by atoms with Crippen LogP contribution in [0.2, 0.25) is 0 Å². The van der Waals surface area contributed by atoms with Crippen molar-refractivity contribution in [1.82, 2.24) is 5.32 Å². The minimum absolute atomic E-state index is 0.0238. The highest BCUT2D eigenvalue weighted by molar-refractivity contribution is 7.74. The number of hydroxylamine groups is 1. The number of phenols is 1. The molecule has 170 valence electrons. The molecule has 0 aliphatic carbocycles. The average molecular weight is 462 g/mol. The fourth-order valence-electron chi connectivity index (χ4n) is 3.18. The van der Waals surface area contributed by atoms with Crippen molar-refractivity contribution in [3.63, 3.8) is 0 Å². The van der Waals surface area contributed by atoms with E-state index in [2.05, 4.69) is 14.9 Å². The second kappa shape index (κ2) is 9.77. The molecule has 0 saturated carbocycles. The lowest BCUT2D eigenvalue weighted by Crippen LogP contribution is -2.49. The third-order valence-electron chi connectivity index (χ3n) is 4.83. The van der Waals surface area contributed by atoms with Crippen LogP contribution in [-0.2, 0) is 26.9 Å². The minimum Gasteiger partial charge on any atom is -0.507 e. The number of amides is 4. The first-order valence-electron chi connectivity index (χ1n) is 9.61. The molecule has 1 saturated heterocycles. The van der Waals surface area contributed by atoms with Gasteiger partial charge in [-0.25, -0.2) is 9.86 Å². The Bertz CT molecular complexity index is 1070. The van der Waals surface area contributed by atoms with Crippen LogP contribution in [0.25, 0.3) is 0 Å². The van der Waals surface area contributed by atoms with E-state index in [0.717, 1.165) is 5.06 Å². The van der Waals surface area contributed by atoms with Crippen molar-refractivity contribution in [2.75, 3.05) is 28.9 Å². The highest BCUT2D eigenvalue weighted by Crippen LogP contribution is 2.31. The van der Waals surface area contributed by atoms with E-state index in [1.54, 1.807) is 37.3 Å². The monoisotopic (exact) mass is 462 g/mol. The Labute approximate surface area is 186 Å². The molecule has 4 amide bonds. The zero-order valence-corrected chi connectivity index (χ0v) is 18.1. The number of carbonyl (C=O) groups excluding carboxylic acids is 3. The Morgan fingerprint density at radius 2 is 1.97 bits per heavy atom. The highest BCUT2D eigenvalue weighted by atomic mass is 32.2. The number of nitrogens with one attached hydrogen (secondary N) is 2. The van der Waals surface area contributed by atoms with Crippen molar-refractivity contribution in [3.05, 3.63) is 47.5 Å². The van der Waals surface area contributed by atoms with E-state index in [1.807, 2.05) is 0 Å². The van der Waals surface area contributed by atoms with Crippen molar-refractivity contribution in [2.45, 2.75) is 19.8 Å². The van der Waals surface area contributed by atoms with Gasteiger partial charge >= 0.3 is 17.4 Å². The van der Waals surface area contributed by atoms with E-state index in [1.165, 1.54) is 18.0 Å². The SMILES string of the molecule is CCc1cc(N2CCC(=O)NC2=O)cc(C(=O)Nc2ccc(N(C)OS(=O)O)cc2)c1O. The van der Waals surface area contributed by atoms with Gasteiger partial charge in [0.2, 0.25) is 5.91 Å². The summed E-state index contributed by atoms with van der Waals surface area (Å²) in [6.07, 6.45) is 0.547. The normalized spacial score (nSPS) is 14.7. The van der Waals surface area contributed by atoms with Crippen LogP contribution in [0.5, 0.6) is 5.75 Å². The fourth-order valence-corrected chi connectivity index (χ4v) is 3.46. The lowest BCUT2D eigenvalue weighted by atomic mass is 10.0. The summed E-state index contributed by atoms with van der Waals surface area (Å²) in [5.74, 6) is -1.16. The van der Waals surface area contributed by atoms with E-state index >= 15 is 0 Å². The van der Waals surface area contributed by atoms with Gasteiger partial charge in [0.25, 0.3) is 5.91 Å². The first-order valence-corrected chi connectivity index (χ1v) is 10.6. The maximum Gasteiger partial charge on any atom is 0.328 e. The van der Waals surface area contributed by atoms with Gasteiger partial charge in [0.15, 0.2) is 0 Å². The van der Waals surface area contributed by atoms with Crippen molar-refractivity contribution >= 4 is 46.3 Å². The van der Waals surface area contributed by atoms with E-state index in [-0.39, 0.29) is 30.2 Å². The van der Waals surface area contributed by atoms with Gasteiger partial charge in [0.1, 0.15) is 5.75 Å². The Morgan fingerprint density at radius 3 is 2.56 bits per heavy atom. The summed E-state index contributed by atoms with van der Waals surface area (Å²) in [5.41, 5.74) is 1.71. The summed E-state index contributed by atoms with van der Waals surface area (Å²) >= 11 is -2.47. The van der Waals surface area contributed by atoms with E-state index in [4.69, 9.17) is 4.55 Å². The van der Waals surface area contributed by atoms with Crippen LogP contribution < -0.4 is 20.6 Å². The lowest BCUT2D eigenvalue weighted by molar-refractivity contribution is -0.120. The van der Waals surface area contributed by atoms with Crippen LogP contribution >= 0.6 is 0 Å². The van der Waals surface area contributed by atoms with Crippen molar-refractivity contribution in [2.24, 2.45) is 0 Å². The van der Waals surface area contributed by atoms with Crippen molar-refractivity contribution in [3.8, 4) is 5.75 Å². The molecule has 2 aromatic carbocycles. The number of aromatic hydroxyl groups is 1. The summed E-state index contributed by atoms with van der Waals surface area (Å²) in [7, 11) is 1.45. The molecule has 3 rings (SSSR count). The molecule has 0 aromatic heterocycles. The number of benzene rings is 2. The largest absolute Gasteiger partial charge is 0.507 e. The van der Waals surface area contributed by atoms with Crippen LogP contribution in [0.1, 0.15) is 29.3 Å². The predicted molar refractivity (Wildman–Crippen MR) is 118 cm³/mol. The lowest BCUT2D eigenvalue weighted by Gasteiger charge is -2.27. The van der Waals surface area contributed by atoms with Crippen molar-refractivity contribution < 1.29 is 32.5 Å². The molecule has 1 aliphatic heterocycles. The number of anilines is 3. The number of imide groups is 1. The number of hydrogen-bond acceptors (Lipinski definition) is 7. The molecule has 1 fully saturated rings. The maximum absolute atomic E-state index is 12.9. The first-order chi connectivity index (χ1) is 15.2. The summed E-state index contributed by atoms with van der Waals surface area (Å²) < 4.78 is 24.2. The number of carbonyl (C=O) groups is 3. The van der Waals surface area contributed by atoms with Gasteiger partial charge in [-0.2, -0.15) is 4.21 Å². The minimum atomic E-state index is -2.47. The second-order valence-corrected chi connectivity index (χ2v) is 7.48. The molecular weight excluding hydrogens is 440 g/mol. The number of rotatable bonds is 7. The number of urea groups is 1. The molecule has 4 N–H and O–H groups in total. The molecule has 1 unspecified atom stereocenters. The van der Waals surface area contributed by atoms with Crippen LogP contribution in [-0.4, -0.2) is 45.3 Å². The fraction of sp³-hybridized carbons (Fsp3) is 0.250. The van der Waals surface area contributed by atoms with Crippen LogP contribution in [0.15, 0.2) is 36.4 Å². The van der Waals surface area contributed by atoms with Gasteiger partial charge < -0.3 is 10.4 Å². The van der Waals surface area contributed by atoms with Gasteiger partial charge in [-0.1, -0.05) is 6.92 Å². The summed E-state index contributed by atoms with van der Waals surface area (Å²) in [5, 5.41) is 16.6. The van der Waals surface area contributed by atoms with Gasteiger partial charge in [-0.15, -0.1) is 4.28 Å². The predicted octanol–water partition coefficient (Wildman–Crippen LogP) is 2.16. The molecular formula is C20H22N4O7S. The summed E-state index contributed by atoms with van der Waals surface area (Å²) in [4.78, 5) is 37.8. The molecule has 0 spiro atoms. The third kappa shape index (κ3) is 5.22. The quantitative estimate of drug-likeness (QED) is 0.361. The van der Waals surface area contributed by atoms with E-state index in [9.17, 15) is 23.7 Å². The van der Waals surface area contributed by atoms with Crippen molar-refractivity contribution in [1.29, 1.82) is 0 Å². The molecule has 11 nitrogen and oxygen atoms in total. The van der Waals surface area contributed by atoms with Crippen LogP contribution in [0.3, 0.4) is 0 Å². The molecule has 2 aromatic rings. The Hall–Kier alpha value is -3.48. The number of aryl methyl sites for hydroxylation is 1. The van der Waals surface area contributed by atoms with Gasteiger partial charge in [0, 0.05) is 31.4 Å². The zero-order valence-electron chi connectivity index (χ0n) is 17.3. The van der Waals surface area contributed by atoms with E-state index in [0.29, 0.717) is 29.0 Å². The second-order valence-electron chi connectivity index (χ2n) is 6.90. The third-order valence-corrected chi connectivity index (χ3v) is 5.18. The standard InChI is InChI=1S/C20H22N4O7S/c1-3-12-10-15(24-9-8-17(25)22-20(24)28)11-16(18(12)26)19(27)21-13-4-6-14(7-5-13)23(2)31-32(29)30/h4-7,10-11,26H,3,8-9H2,1-2H3,(H,21,27)(H,29,30)(H,22,25,28). The molecule has 1 heterocycles. The van der Waals surface area contributed by atoms with Crippen LogP contribution in [0, 0.1) is 0 Å². The maximum atomic E-state index is 12.9. The Morgan fingerprint density at radius 1 is 1.28 bits per heavy atom. The topological polar surface area (TPSA) is 149 Å². The number of hydrogen-bond donors (Lipinski definition) is 4. The zero-order chi connectivity index (χ0) is 23.4. The molecule has 12 heteroatoms. The molecule has 1 atom stereocenters. The van der Waals surface area contributed by atoms with Gasteiger partial charge in [-0.05, 0) is 48.4 Å². The molecule has 0 bridgehead atoms. The first kappa shape index (κ1) is 23.2. The van der Waals surface area contributed by atoms with E-state index < -0.39 is 23.3 Å². The summed E-state index contributed by atoms with van der Waals surface area (Å²) in [6, 6.07) is 8.64. The molecule has 0 radical (unpaired) electrons. The Kier molecular flexibility index (Phi) is 7.08. The van der Waals surface area contributed by atoms with Gasteiger partial charge in [-0.3, -0.25) is 24.4 Å². The molecule has 1 aliphatic rings. The average Bonchev–Trinajstić information content (AvgIpc) is 2.74.